The van der Waals surface area contributed by atoms with Crippen LogP contribution in [0.1, 0.15) is 18.2 Å². The molecule has 0 bridgehead atoms. The van der Waals surface area contributed by atoms with Crippen molar-refractivity contribution in [3.8, 4) is 0 Å². The third kappa shape index (κ3) is 3.62. The first-order valence-electron chi connectivity index (χ1n) is 7.58. The number of para-hydroxylation sites is 1. The van der Waals surface area contributed by atoms with Crippen LogP contribution >= 0.6 is 11.3 Å². The van der Waals surface area contributed by atoms with Gasteiger partial charge in [0.25, 0.3) is 0 Å². The average molecular weight is 342 g/mol. The number of carbonyl (C=O) groups is 2. The summed E-state index contributed by atoms with van der Waals surface area (Å²) in [6.45, 7) is 3.27. The lowest BCUT2D eigenvalue weighted by atomic mass is 10.0. The number of nitrogens with one attached hydrogen (secondary N) is 3. The Morgan fingerprint density at radius 2 is 2.12 bits per heavy atom. The summed E-state index contributed by atoms with van der Waals surface area (Å²) in [4.78, 5) is 31.5. The van der Waals surface area contributed by atoms with Crippen LogP contribution in [0.5, 0.6) is 0 Å². The number of fused-ring (bicyclic) bond motifs is 1. The number of hydrogen-bond acceptors (Lipinski definition) is 4. The van der Waals surface area contributed by atoms with Crippen LogP contribution < -0.4 is 10.6 Å². The number of carbonyl (C=O) groups excluding carboxylic acids is 2. The Labute approximate surface area is 143 Å². The molecule has 0 spiro atoms. The van der Waals surface area contributed by atoms with E-state index in [9.17, 15) is 9.59 Å². The SMILES string of the molecule is CC(=O)NC(Cc1c[nH]c2ccccc12)C(=O)Nc1nc(C)cs1. The Kier molecular flexibility index (Phi) is 4.61. The standard InChI is InChI=1S/C17H18N4O2S/c1-10-9-24-17(19-10)21-16(23)15(20-11(2)22)7-12-8-18-14-6-4-3-5-13(12)14/h3-6,8-9,15,18H,7H2,1-2H3,(H,20,22)(H,19,21,23). The number of hydrogen-bond donors (Lipinski definition) is 3. The van der Waals surface area contributed by atoms with Crippen LogP contribution in [0.15, 0.2) is 35.8 Å². The molecule has 2 heterocycles. The Hall–Kier alpha value is -2.67. The van der Waals surface area contributed by atoms with Crippen LogP contribution in [0.3, 0.4) is 0 Å². The van der Waals surface area contributed by atoms with Gasteiger partial charge in [-0.1, -0.05) is 18.2 Å². The summed E-state index contributed by atoms with van der Waals surface area (Å²) in [5, 5.41) is 8.94. The van der Waals surface area contributed by atoms with Crippen molar-refractivity contribution in [3.05, 3.63) is 47.1 Å². The van der Waals surface area contributed by atoms with E-state index in [1.165, 1.54) is 18.3 Å². The second-order valence-corrected chi connectivity index (χ2v) is 6.46. The fourth-order valence-electron chi connectivity index (χ4n) is 2.58. The zero-order valence-corrected chi connectivity index (χ0v) is 14.2. The molecule has 0 aliphatic heterocycles. The quantitative estimate of drug-likeness (QED) is 0.666. The Bertz CT molecular complexity index is 883. The van der Waals surface area contributed by atoms with E-state index in [0.29, 0.717) is 11.6 Å². The lowest BCUT2D eigenvalue weighted by molar-refractivity contribution is -0.125. The molecule has 3 rings (SSSR count). The van der Waals surface area contributed by atoms with Crippen molar-refractivity contribution in [1.82, 2.24) is 15.3 Å². The number of H-pyrrole nitrogens is 1. The van der Waals surface area contributed by atoms with Gasteiger partial charge in [0, 0.05) is 35.8 Å². The maximum atomic E-state index is 12.6. The van der Waals surface area contributed by atoms with E-state index < -0.39 is 6.04 Å². The van der Waals surface area contributed by atoms with Crippen LogP contribution in [0, 0.1) is 6.92 Å². The van der Waals surface area contributed by atoms with Crippen molar-refractivity contribution in [1.29, 1.82) is 0 Å². The minimum atomic E-state index is -0.661. The summed E-state index contributed by atoms with van der Waals surface area (Å²) < 4.78 is 0. The number of thiazole rings is 1. The van der Waals surface area contributed by atoms with Crippen LogP contribution in [-0.2, 0) is 16.0 Å². The molecule has 0 saturated heterocycles. The third-order valence-corrected chi connectivity index (χ3v) is 4.52. The van der Waals surface area contributed by atoms with Gasteiger partial charge in [-0.2, -0.15) is 0 Å². The zero-order chi connectivity index (χ0) is 17.1. The van der Waals surface area contributed by atoms with Gasteiger partial charge in [0.05, 0.1) is 5.69 Å². The van der Waals surface area contributed by atoms with Crippen molar-refractivity contribution in [2.45, 2.75) is 26.3 Å². The van der Waals surface area contributed by atoms with Crippen LogP contribution in [0.4, 0.5) is 5.13 Å². The number of nitrogens with zero attached hydrogens (tertiary/aromatic N) is 1. The largest absolute Gasteiger partial charge is 0.361 e. The lowest BCUT2D eigenvalue weighted by Gasteiger charge is -2.16. The lowest BCUT2D eigenvalue weighted by Crippen LogP contribution is -2.44. The fraction of sp³-hybridized carbons (Fsp3) is 0.235. The second-order valence-electron chi connectivity index (χ2n) is 5.60. The number of rotatable bonds is 5. The minimum absolute atomic E-state index is 0.245. The normalized spacial score (nSPS) is 12.1. The van der Waals surface area contributed by atoms with E-state index in [-0.39, 0.29) is 11.8 Å². The number of benzene rings is 1. The molecule has 7 heteroatoms. The molecule has 1 atom stereocenters. The van der Waals surface area contributed by atoms with Crippen molar-refractivity contribution in [2.24, 2.45) is 0 Å². The molecular formula is C17H18N4O2S. The fourth-order valence-corrected chi connectivity index (χ4v) is 3.27. The van der Waals surface area contributed by atoms with E-state index in [0.717, 1.165) is 22.2 Å². The second kappa shape index (κ2) is 6.84. The molecule has 124 valence electrons. The highest BCUT2D eigenvalue weighted by Gasteiger charge is 2.22. The first kappa shape index (κ1) is 16.2. The summed E-state index contributed by atoms with van der Waals surface area (Å²) in [6, 6.07) is 7.21. The van der Waals surface area contributed by atoms with Gasteiger partial charge in [0.2, 0.25) is 11.8 Å². The van der Waals surface area contributed by atoms with E-state index in [4.69, 9.17) is 0 Å². The van der Waals surface area contributed by atoms with Crippen molar-refractivity contribution in [3.63, 3.8) is 0 Å². The highest BCUT2D eigenvalue weighted by atomic mass is 32.1. The van der Waals surface area contributed by atoms with E-state index in [1.807, 2.05) is 42.8 Å². The van der Waals surface area contributed by atoms with Crippen molar-refractivity contribution in [2.75, 3.05) is 5.32 Å². The zero-order valence-electron chi connectivity index (χ0n) is 13.4. The molecule has 0 aliphatic rings. The molecule has 3 aromatic rings. The van der Waals surface area contributed by atoms with Gasteiger partial charge in [-0.05, 0) is 18.6 Å². The molecule has 0 aliphatic carbocycles. The summed E-state index contributed by atoms with van der Waals surface area (Å²) in [7, 11) is 0. The molecule has 1 aromatic carbocycles. The summed E-state index contributed by atoms with van der Waals surface area (Å²) >= 11 is 1.36. The van der Waals surface area contributed by atoms with Gasteiger partial charge in [-0.15, -0.1) is 11.3 Å². The smallest absolute Gasteiger partial charge is 0.249 e. The van der Waals surface area contributed by atoms with Crippen molar-refractivity contribution < 1.29 is 9.59 Å². The van der Waals surface area contributed by atoms with Gasteiger partial charge in [-0.3, -0.25) is 9.59 Å². The van der Waals surface area contributed by atoms with E-state index in [2.05, 4.69) is 20.6 Å². The van der Waals surface area contributed by atoms with Gasteiger partial charge < -0.3 is 15.6 Å². The molecule has 0 radical (unpaired) electrons. The number of aromatic amines is 1. The topological polar surface area (TPSA) is 86.9 Å². The monoisotopic (exact) mass is 342 g/mol. The molecule has 0 fully saturated rings. The Morgan fingerprint density at radius 1 is 1.33 bits per heavy atom. The predicted octanol–water partition coefficient (Wildman–Crippen LogP) is 2.62. The van der Waals surface area contributed by atoms with Gasteiger partial charge in [0.15, 0.2) is 5.13 Å². The molecule has 6 nitrogen and oxygen atoms in total. The van der Waals surface area contributed by atoms with Crippen LogP contribution in [0.2, 0.25) is 0 Å². The number of amides is 2. The molecule has 3 N–H and O–H groups in total. The first-order valence-corrected chi connectivity index (χ1v) is 8.46. The van der Waals surface area contributed by atoms with Gasteiger partial charge in [-0.25, -0.2) is 4.98 Å². The minimum Gasteiger partial charge on any atom is -0.361 e. The molecule has 2 amide bonds. The highest BCUT2D eigenvalue weighted by Crippen LogP contribution is 2.20. The number of aryl methyl sites for hydroxylation is 1. The number of anilines is 1. The van der Waals surface area contributed by atoms with E-state index in [1.54, 1.807) is 0 Å². The summed E-state index contributed by atoms with van der Waals surface area (Å²) in [5.41, 5.74) is 2.84. The van der Waals surface area contributed by atoms with Crippen molar-refractivity contribution >= 4 is 39.2 Å². The summed E-state index contributed by atoms with van der Waals surface area (Å²) in [6.07, 6.45) is 2.28. The molecule has 2 aromatic heterocycles. The molecule has 0 saturated carbocycles. The maximum Gasteiger partial charge on any atom is 0.249 e. The van der Waals surface area contributed by atoms with Crippen LogP contribution in [-0.4, -0.2) is 27.8 Å². The Morgan fingerprint density at radius 3 is 2.83 bits per heavy atom. The predicted molar refractivity (Wildman–Crippen MR) is 95.1 cm³/mol. The summed E-state index contributed by atoms with van der Waals surface area (Å²) in [5.74, 6) is -0.518. The Balaban J connectivity index is 1.80. The highest BCUT2D eigenvalue weighted by molar-refractivity contribution is 7.13. The molecule has 24 heavy (non-hydrogen) atoms. The first-order chi connectivity index (χ1) is 11.5. The molecule has 1 unspecified atom stereocenters. The average Bonchev–Trinajstić information content (AvgIpc) is 3.13. The molecular weight excluding hydrogens is 324 g/mol. The van der Waals surface area contributed by atoms with Crippen LogP contribution in [0.25, 0.3) is 10.9 Å². The third-order valence-electron chi connectivity index (χ3n) is 3.64. The van der Waals surface area contributed by atoms with Gasteiger partial charge >= 0.3 is 0 Å². The number of aromatic nitrogens is 2. The van der Waals surface area contributed by atoms with Gasteiger partial charge in [0.1, 0.15) is 6.04 Å². The van der Waals surface area contributed by atoms with E-state index >= 15 is 0 Å². The maximum absolute atomic E-state index is 12.6.